The van der Waals surface area contributed by atoms with E-state index in [1.165, 1.54) is 12.8 Å². The summed E-state index contributed by atoms with van der Waals surface area (Å²) >= 11 is 1.59. The van der Waals surface area contributed by atoms with E-state index < -0.39 is 0 Å². The van der Waals surface area contributed by atoms with Gasteiger partial charge in [0.15, 0.2) is 5.13 Å². The first-order valence-electron chi connectivity index (χ1n) is 6.67. The molecule has 5 nitrogen and oxygen atoms in total. The summed E-state index contributed by atoms with van der Waals surface area (Å²) in [6.07, 6.45) is 5.32. The summed E-state index contributed by atoms with van der Waals surface area (Å²) in [6.45, 7) is 1.07. The highest BCUT2D eigenvalue weighted by atomic mass is 32.1. The van der Waals surface area contributed by atoms with Crippen molar-refractivity contribution in [2.24, 2.45) is 0 Å². The van der Waals surface area contributed by atoms with Gasteiger partial charge in [0, 0.05) is 5.38 Å². The number of nitrogens with zero attached hydrogens (tertiary/aromatic N) is 3. The minimum absolute atomic E-state index is 0.384. The first kappa shape index (κ1) is 13.0. The summed E-state index contributed by atoms with van der Waals surface area (Å²) in [5, 5.41) is 18.4. The van der Waals surface area contributed by atoms with Crippen LogP contribution in [0.25, 0.3) is 0 Å². The number of rotatable bonds is 3. The van der Waals surface area contributed by atoms with Gasteiger partial charge in [-0.1, -0.05) is 6.42 Å². The molecule has 1 fully saturated rings. The lowest BCUT2D eigenvalue weighted by Crippen LogP contribution is -2.26. The largest absolute Gasteiger partial charge is 0.330 e. The van der Waals surface area contributed by atoms with Crippen molar-refractivity contribution < 1.29 is 0 Å². The summed E-state index contributed by atoms with van der Waals surface area (Å²) in [7, 11) is 0. The van der Waals surface area contributed by atoms with Crippen LogP contribution in [-0.4, -0.2) is 16.5 Å². The van der Waals surface area contributed by atoms with Crippen LogP contribution < -0.4 is 10.6 Å². The van der Waals surface area contributed by atoms with Crippen LogP contribution in [0.15, 0.2) is 23.7 Å². The summed E-state index contributed by atoms with van der Waals surface area (Å²) in [5.41, 5.74) is 2.38. The van der Waals surface area contributed by atoms with Crippen LogP contribution >= 0.6 is 11.3 Å². The van der Waals surface area contributed by atoms with Gasteiger partial charge in [0.1, 0.15) is 11.8 Å². The van der Waals surface area contributed by atoms with E-state index in [0.717, 1.165) is 29.5 Å². The molecule has 0 aromatic carbocycles. The van der Waals surface area contributed by atoms with E-state index in [1.807, 2.05) is 12.1 Å². The maximum Gasteiger partial charge on any atom is 0.187 e. The van der Waals surface area contributed by atoms with E-state index in [2.05, 4.69) is 26.0 Å². The number of aromatic nitrogens is 2. The van der Waals surface area contributed by atoms with Gasteiger partial charge in [-0.05, 0) is 31.5 Å². The van der Waals surface area contributed by atoms with Crippen LogP contribution in [0, 0.1) is 11.3 Å². The molecule has 0 bridgehead atoms. The van der Waals surface area contributed by atoms with E-state index in [9.17, 15) is 0 Å². The maximum absolute atomic E-state index is 8.72. The normalized spacial score (nSPS) is 18.4. The van der Waals surface area contributed by atoms with Gasteiger partial charge in [-0.3, -0.25) is 0 Å². The lowest BCUT2D eigenvalue weighted by atomic mass is 10.0. The average Bonchev–Trinajstić information content (AvgIpc) is 2.97. The minimum Gasteiger partial charge on any atom is -0.330 e. The van der Waals surface area contributed by atoms with E-state index in [-0.39, 0.29) is 0 Å². The van der Waals surface area contributed by atoms with Crippen LogP contribution in [-0.2, 0) is 0 Å². The summed E-state index contributed by atoms with van der Waals surface area (Å²) < 4.78 is 0. The Hall–Kier alpha value is -1.97. The predicted molar refractivity (Wildman–Crippen MR) is 78.9 cm³/mol. The van der Waals surface area contributed by atoms with Crippen molar-refractivity contribution in [1.82, 2.24) is 15.3 Å². The highest BCUT2D eigenvalue weighted by Gasteiger charge is 2.17. The molecule has 2 aromatic heterocycles. The number of nitriles is 1. The van der Waals surface area contributed by atoms with Crippen LogP contribution in [0.5, 0.6) is 0 Å². The zero-order valence-electron chi connectivity index (χ0n) is 11.0. The summed E-state index contributed by atoms with van der Waals surface area (Å²) in [6, 6.07) is 5.92. The molecule has 0 amide bonds. The maximum atomic E-state index is 8.72. The third-order valence-electron chi connectivity index (χ3n) is 3.32. The Morgan fingerprint density at radius 1 is 1.40 bits per heavy atom. The second kappa shape index (κ2) is 5.99. The Balaban J connectivity index is 1.68. The molecule has 0 spiro atoms. The second-order valence-electron chi connectivity index (χ2n) is 4.75. The molecule has 1 aliphatic heterocycles. The van der Waals surface area contributed by atoms with Crippen molar-refractivity contribution >= 4 is 22.2 Å². The van der Waals surface area contributed by atoms with Gasteiger partial charge in [-0.15, -0.1) is 11.3 Å². The number of nitrogens with one attached hydrogen (secondary N) is 2. The van der Waals surface area contributed by atoms with Crippen LogP contribution in [0.2, 0.25) is 0 Å². The Labute approximate surface area is 121 Å². The zero-order valence-corrected chi connectivity index (χ0v) is 11.8. The molecular formula is C14H15N5S. The molecule has 1 atom stereocenters. The molecule has 102 valence electrons. The van der Waals surface area contributed by atoms with Gasteiger partial charge in [0.25, 0.3) is 0 Å². The van der Waals surface area contributed by atoms with Crippen LogP contribution in [0.1, 0.15) is 36.7 Å². The van der Waals surface area contributed by atoms with Gasteiger partial charge < -0.3 is 10.6 Å². The Morgan fingerprint density at radius 2 is 2.35 bits per heavy atom. The molecule has 0 aliphatic carbocycles. The number of anilines is 2. The number of pyridine rings is 1. The topological polar surface area (TPSA) is 73.6 Å². The number of thiazole rings is 1. The smallest absolute Gasteiger partial charge is 0.187 e. The summed E-state index contributed by atoms with van der Waals surface area (Å²) in [4.78, 5) is 8.65. The third kappa shape index (κ3) is 2.95. The first-order chi connectivity index (χ1) is 9.85. The molecule has 1 aliphatic rings. The highest BCUT2D eigenvalue weighted by molar-refractivity contribution is 7.13. The second-order valence-corrected chi connectivity index (χ2v) is 5.61. The Bertz CT molecular complexity index is 607. The van der Waals surface area contributed by atoms with E-state index in [0.29, 0.717) is 11.7 Å². The van der Waals surface area contributed by atoms with Crippen molar-refractivity contribution in [3.63, 3.8) is 0 Å². The van der Waals surface area contributed by atoms with Gasteiger partial charge in [-0.25, -0.2) is 9.97 Å². The standard InChI is InChI=1S/C14H15N5S/c15-7-10-4-5-11(8-17-10)18-14-19-13(9-20-14)12-3-1-2-6-16-12/h4-5,8-9,12,16H,1-3,6H2,(H,18,19)/t12-/m1/s1. The average molecular weight is 285 g/mol. The monoisotopic (exact) mass is 285 g/mol. The molecule has 1 saturated heterocycles. The lowest BCUT2D eigenvalue weighted by Gasteiger charge is -2.21. The van der Waals surface area contributed by atoms with Crippen molar-refractivity contribution in [3.05, 3.63) is 35.1 Å². The fourth-order valence-corrected chi connectivity index (χ4v) is 3.05. The fraction of sp³-hybridized carbons (Fsp3) is 0.357. The van der Waals surface area contributed by atoms with Gasteiger partial charge in [0.05, 0.1) is 23.6 Å². The Morgan fingerprint density at radius 3 is 3.05 bits per heavy atom. The molecule has 3 rings (SSSR count). The predicted octanol–water partition coefficient (Wildman–Crippen LogP) is 2.97. The minimum atomic E-state index is 0.384. The molecule has 20 heavy (non-hydrogen) atoms. The van der Waals surface area contributed by atoms with E-state index in [4.69, 9.17) is 5.26 Å². The highest BCUT2D eigenvalue weighted by Crippen LogP contribution is 2.27. The quantitative estimate of drug-likeness (QED) is 0.907. The van der Waals surface area contributed by atoms with Crippen LogP contribution in [0.3, 0.4) is 0 Å². The lowest BCUT2D eigenvalue weighted by molar-refractivity contribution is 0.407. The number of piperidine rings is 1. The molecule has 0 saturated carbocycles. The third-order valence-corrected chi connectivity index (χ3v) is 4.09. The Kier molecular flexibility index (Phi) is 3.90. The molecule has 2 N–H and O–H groups in total. The molecule has 0 unspecified atom stereocenters. The van der Waals surface area contributed by atoms with Crippen molar-refractivity contribution in [1.29, 1.82) is 5.26 Å². The molecule has 6 heteroatoms. The zero-order chi connectivity index (χ0) is 13.8. The molecular weight excluding hydrogens is 270 g/mol. The molecule has 2 aromatic rings. The van der Waals surface area contributed by atoms with E-state index >= 15 is 0 Å². The summed E-state index contributed by atoms with van der Waals surface area (Å²) in [5.74, 6) is 0. The SMILES string of the molecule is N#Cc1ccc(Nc2nc([C@H]3CCCCN3)cs2)cn1. The number of hydrogen-bond donors (Lipinski definition) is 2. The van der Waals surface area contributed by atoms with Gasteiger partial charge in [0.2, 0.25) is 0 Å². The first-order valence-corrected chi connectivity index (χ1v) is 7.55. The van der Waals surface area contributed by atoms with Crippen molar-refractivity contribution in [2.45, 2.75) is 25.3 Å². The van der Waals surface area contributed by atoms with Gasteiger partial charge >= 0.3 is 0 Å². The number of hydrogen-bond acceptors (Lipinski definition) is 6. The fourth-order valence-electron chi connectivity index (χ4n) is 2.27. The van der Waals surface area contributed by atoms with E-state index in [1.54, 1.807) is 23.6 Å². The van der Waals surface area contributed by atoms with Crippen LogP contribution in [0.4, 0.5) is 10.8 Å². The molecule has 0 radical (unpaired) electrons. The van der Waals surface area contributed by atoms with Gasteiger partial charge in [-0.2, -0.15) is 5.26 Å². The molecule has 3 heterocycles. The van der Waals surface area contributed by atoms with Crippen molar-refractivity contribution in [2.75, 3.05) is 11.9 Å². The van der Waals surface area contributed by atoms with Crippen molar-refractivity contribution in [3.8, 4) is 6.07 Å².